The van der Waals surface area contributed by atoms with Crippen molar-refractivity contribution in [2.75, 3.05) is 13.1 Å². The number of carbonyl (C=O) groups is 1. The van der Waals surface area contributed by atoms with Gasteiger partial charge in [-0.15, -0.1) is 0 Å². The molecule has 2 heteroatoms. The van der Waals surface area contributed by atoms with E-state index in [-0.39, 0.29) is 5.41 Å². The number of likely N-dealkylation sites (tertiary alicyclic amines) is 1. The van der Waals surface area contributed by atoms with Crippen LogP contribution in [0.5, 0.6) is 0 Å². The fourth-order valence-corrected chi connectivity index (χ4v) is 7.40. The van der Waals surface area contributed by atoms with Gasteiger partial charge in [0.05, 0.1) is 5.41 Å². The Balaban J connectivity index is 1.63. The molecule has 5 aliphatic rings. The summed E-state index contributed by atoms with van der Waals surface area (Å²) >= 11 is 0. The molecule has 2 nitrogen and oxygen atoms in total. The Morgan fingerprint density at radius 3 is 2.29 bits per heavy atom. The molecular formula is C19H31NO. The molecule has 0 N–H and O–H groups in total. The molecule has 0 spiro atoms. The van der Waals surface area contributed by atoms with Crippen LogP contribution in [0.3, 0.4) is 0 Å². The van der Waals surface area contributed by atoms with Gasteiger partial charge in [0.25, 0.3) is 0 Å². The van der Waals surface area contributed by atoms with E-state index in [9.17, 15) is 4.79 Å². The Morgan fingerprint density at radius 1 is 1.05 bits per heavy atom. The topological polar surface area (TPSA) is 20.3 Å². The van der Waals surface area contributed by atoms with Crippen molar-refractivity contribution in [2.24, 2.45) is 28.1 Å². The average molecular weight is 289 g/mol. The van der Waals surface area contributed by atoms with Crippen LogP contribution < -0.4 is 0 Å². The van der Waals surface area contributed by atoms with Gasteiger partial charge in [0.1, 0.15) is 0 Å². The zero-order chi connectivity index (χ0) is 14.9. The van der Waals surface area contributed by atoms with E-state index in [0.29, 0.717) is 22.7 Å². The molecule has 1 heterocycles. The van der Waals surface area contributed by atoms with E-state index in [1.165, 1.54) is 51.4 Å². The van der Waals surface area contributed by atoms with Gasteiger partial charge in [0, 0.05) is 13.1 Å². The number of amides is 1. The van der Waals surface area contributed by atoms with Crippen molar-refractivity contribution in [3.05, 3.63) is 0 Å². The Kier molecular flexibility index (Phi) is 2.86. The summed E-state index contributed by atoms with van der Waals surface area (Å²) in [5.74, 6) is 2.06. The minimum Gasteiger partial charge on any atom is -0.342 e. The maximum absolute atomic E-state index is 13.4. The van der Waals surface area contributed by atoms with Gasteiger partial charge in [-0.1, -0.05) is 20.8 Å². The van der Waals surface area contributed by atoms with Crippen LogP contribution in [0.2, 0.25) is 0 Å². The lowest BCUT2D eigenvalue weighted by molar-refractivity contribution is -0.180. The summed E-state index contributed by atoms with van der Waals surface area (Å²) in [6.45, 7) is 9.27. The Labute approximate surface area is 129 Å². The summed E-state index contributed by atoms with van der Waals surface area (Å²) in [7, 11) is 0. The zero-order valence-electron chi connectivity index (χ0n) is 14.1. The van der Waals surface area contributed by atoms with Gasteiger partial charge in [0.2, 0.25) is 5.91 Å². The van der Waals surface area contributed by atoms with Crippen molar-refractivity contribution in [1.82, 2.24) is 4.90 Å². The molecule has 0 aromatic rings. The number of nitrogens with zero attached hydrogens (tertiary/aromatic N) is 1. The molecule has 118 valence electrons. The van der Waals surface area contributed by atoms with Gasteiger partial charge in [-0.05, 0) is 74.0 Å². The normalized spacial score (nSPS) is 52.2. The van der Waals surface area contributed by atoms with E-state index in [1.807, 2.05) is 0 Å². The highest BCUT2D eigenvalue weighted by Gasteiger charge is 2.63. The van der Waals surface area contributed by atoms with Crippen LogP contribution in [0.15, 0.2) is 0 Å². The monoisotopic (exact) mass is 289 g/mol. The van der Waals surface area contributed by atoms with Gasteiger partial charge >= 0.3 is 0 Å². The van der Waals surface area contributed by atoms with E-state index < -0.39 is 0 Å². The lowest BCUT2D eigenvalue weighted by Crippen LogP contribution is -2.61. The van der Waals surface area contributed by atoms with Crippen LogP contribution in [-0.4, -0.2) is 23.9 Å². The molecule has 0 aromatic carbocycles. The standard InChI is InChI=1S/C19H31NO/c1-14-5-4-6-20(10-14)16(21)19-9-15-7-17(2,12-19)11-18(3,8-15)13-19/h14-15H,4-13H2,1-3H3. The number of carbonyl (C=O) groups excluding carboxylic acids is 1. The first-order chi connectivity index (χ1) is 9.82. The van der Waals surface area contributed by atoms with Crippen molar-refractivity contribution in [3.63, 3.8) is 0 Å². The van der Waals surface area contributed by atoms with Crippen LogP contribution in [0.25, 0.3) is 0 Å². The molecule has 4 bridgehead atoms. The molecule has 4 saturated carbocycles. The Hall–Kier alpha value is -0.530. The second-order valence-electron chi connectivity index (χ2n) is 9.91. The third kappa shape index (κ3) is 2.16. The first kappa shape index (κ1) is 14.1. The summed E-state index contributed by atoms with van der Waals surface area (Å²) in [5, 5.41) is 0. The van der Waals surface area contributed by atoms with E-state index in [4.69, 9.17) is 0 Å². The summed E-state index contributed by atoms with van der Waals surface area (Å²) in [4.78, 5) is 15.7. The molecule has 5 fully saturated rings. The highest BCUT2D eigenvalue weighted by atomic mass is 16.2. The van der Waals surface area contributed by atoms with Crippen molar-refractivity contribution in [3.8, 4) is 0 Å². The van der Waals surface area contributed by atoms with Crippen molar-refractivity contribution >= 4 is 5.91 Å². The maximum atomic E-state index is 13.4. The van der Waals surface area contributed by atoms with Gasteiger partial charge in [0.15, 0.2) is 0 Å². The first-order valence-electron chi connectivity index (χ1n) is 9.11. The molecule has 4 aliphatic carbocycles. The molecule has 1 aliphatic heterocycles. The molecule has 3 unspecified atom stereocenters. The predicted molar refractivity (Wildman–Crippen MR) is 84.8 cm³/mol. The van der Waals surface area contributed by atoms with Gasteiger partial charge in [-0.3, -0.25) is 4.79 Å². The van der Waals surface area contributed by atoms with Gasteiger partial charge < -0.3 is 4.90 Å². The van der Waals surface area contributed by atoms with Gasteiger partial charge in [-0.25, -0.2) is 0 Å². The molecule has 3 atom stereocenters. The van der Waals surface area contributed by atoms with Crippen molar-refractivity contribution in [2.45, 2.75) is 72.1 Å². The number of rotatable bonds is 1. The van der Waals surface area contributed by atoms with Crippen molar-refractivity contribution in [1.29, 1.82) is 0 Å². The molecule has 1 saturated heterocycles. The molecule has 21 heavy (non-hydrogen) atoms. The second kappa shape index (κ2) is 4.26. The van der Waals surface area contributed by atoms with Crippen LogP contribution >= 0.6 is 0 Å². The fourth-order valence-electron chi connectivity index (χ4n) is 7.40. The first-order valence-corrected chi connectivity index (χ1v) is 9.11. The fraction of sp³-hybridized carbons (Fsp3) is 0.947. The molecule has 5 rings (SSSR count). The third-order valence-electron chi connectivity index (χ3n) is 7.02. The zero-order valence-corrected chi connectivity index (χ0v) is 14.1. The molecule has 0 aromatic heterocycles. The second-order valence-corrected chi connectivity index (χ2v) is 9.91. The Bertz CT molecular complexity index is 452. The molecular weight excluding hydrogens is 258 g/mol. The minimum absolute atomic E-state index is 0.0139. The Morgan fingerprint density at radius 2 is 1.71 bits per heavy atom. The summed E-state index contributed by atoms with van der Waals surface area (Å²) < 4.78 is 0. The van der Waals surface area contributed by atoms with E-state index in [2.05, 4.69) is 25.7 Å². The maximum Gasteiger partial charge on any atom is 0.228 e. The van der Waals surface area contributed by atoms with Crippen LogP contribution in [0, 0.1) is 28.1 Å². The quantitative estimate of drug-likeness (QED) is 0.707. The third-order valence-corrected chi connectivity index (χ3v) is 7.02. The number of hydrogen-bond acceptors (Lipinski definition) is 1. The summed E-state index contributed by atoms with van der Waals surface area (Å²) in [5.41, 5.74) is 0.913. The largest absolute Gasteiger partial charge is 0.342 e. The van der Waals surface area contributed by atoms with Crippen LogP contribution in [-0.2, 0) is 4.79 Å². The minimum atomic E-state index is 0.0139. The lowest BCUT2D eigenvalue weighted by Gasteiger charge is -2.65. The molecule has 0 radical (unpaired) electrons. The smallest absolute Gasteiger partial charge is 0.228 e. The van der Waals surface area contributed by atoms with Crippen LogP contribution in [0.4, 0.5) is 0 Å². The summed E-state index contributed by atoms with van der Waals surface area (Å²) in [6.07, 6.45) is 10.2. The highest BCUT2D eigenvalue weighted by molar-refractivity contribution is 5.83. The van der Waals surface area contributed by atoms with E-state index >= 15 is 0 Å². The predicted octanol–water partition coefficient (Wildman–Crippen LogP) is 4.24. The molecule has 1 amide bonds. The summed E-state index contributed by atoms with van der Waals surface area (Å²) in [6, 6.07) is 0. The van der Waals surface area contributed by atoms with Gasteiger partial charge in [-0.2, -0.15) is 0 Å². The SMILES string of the molecule is CC1CCCN(C(=O)C23CC4CC(C)(CC(C)(C4)C2)C3)C1. The highest BCUT2D eigenvalue weighted by Crippen LogP contribution is 2.69. The number of hydrogen-bond donors (Lipinski definition) is 0. The van der Waals surface area contributed by atoms with E-state index in [0.717, 1.165) is 19.0 Å². The van der Waals surface area contributed by atoms with Crippen LogP contribution in [0.1, 0.15) is 72.1 Å². The number of piperidine rings is 1. The van der Waals surface area contributed by atoms with E-state index in [1.54, 1.807) is 0 Å². The van der Waals surface area contributed by atoms with Crippen molar-refractivity contribution < 1.29 is 4.79 Å². The lowest BCUT2D eigenvalue weighted by atomic mass is 9.40. The average Bonchev–Trinajstić information content (AvgIpc) is 2.33.